The van der Waals surface area contributed by atoms with E-state index in [4.69, 9.17) is 14.2 Å². The molecular weight excluding hydrogens is 626 g/mol. The van der Waals surface area contributed by atoms with Crippen molar-refractivity contribution in [2.75, 3.05) is 37.0 Å². The summed E-state index contributed by atoms with van der Waals surface area (Å²) in [5.41, 5.74) is 1.71. The van der Waals surface area contributed by atoms with E-state index in [0.717, 1.165) is 16.7 Å². The molecule has 3 aromatic rings. The molecule has 3 aromatic carbocycles. The lowest BCUT2D eigenvalue weighted by Gasteiger charge is -2.15. The molecule has 4 amide bonds. The Morgan fingerprint density at radius 3 is 2.24 bits per heavy atom. The van der Waals surface area contributed by atoms with Gasteiger partial charge in [-0.25, -0.2) is 0 Å². The van der Waals surface area contributed by atoms with Gasteiger partial charge in [0, 0.05) is 11.4 Å². The van der Waals surface area contributed by atoms with Crippen molar-refractivity contribution in [1.82, 2.24) is 4.90 Å². The Morgan fingerprint density at radius 2 is 1.55 bits per heavy atom. The summed E-state index contributed by atoms with van der Waals surface area (Å²) >= 11 is 4.19. The number of nitrogens with one attached hydrogen (secondary N) is 2. The summed E-state index contributed by atoms with van der Waals surface area (Å²) in [7, 11) is 0. The third-order valence-electron chi connectivity index (χ3n) is 5.66. The van der Waals surface area contributed by atoms with Gasteiger partial charge in [-0.1, -0.05) is 18.2 Å². The van der Waals surface area contributed by atoms with Crippen LogP contribution in [-0.2, 0) is 14.4 Å². The lowest BCUT2D eigenvalue weighted by atomic mass is 10.2. The van der Waals surface area contributed by atoms with Gasteiger partial charge in [0.1, 0.15) is 12.3 Å². The lowest BCUT2D eigenvalue weighted by Crippen LogP contribution is -2.36. The third kappa shape index (κ3) is 8.14. The first-order valence-corrected chi connectivity index (χ1v) is 14.6. The van der Waals surface area contributed by atoms with Crippen LogP contribution in [0.25, 0.3) is 6.08 Å². The predicted molar refractivity (Wildman–Crippen MR) is 165 cm³/mol. The zero-order valence-electron chi connectivity index (χ0n) is 22.8. The van der Waals surface area contributed by atoms with Crippen molar-refractivity contribution in [2.45, 2.75) is 13.8 Å². The standard InChI is InChI=1S/C30H28BrN3O7S/c1-3-39-22-12-10-21(11-13-22)32-26(35)17-34-29(37)25(42-30(34)38)16-19-14-23(31)28(24(15-19)40-4-2)41-18-27(36)33-20-8-6-5-7-9-20/h5-16H,3-4,17-18H2,1-2H3,(H,32,35)(H,33,36)/b25-16+. The maximum Gasteiger partial charge on any atom is 0.294 e. The molecule has 1 aliphatic heterocycles. The summed E-state index contributed by atoms with van der Waals surface area (Å²) in [6.07, 6.45) is 1.54. The number of halogens is 1. The first-order chi connectivity index (χ1) is 20.3. The van der Waals surface area contributed by atoms with Crippen molar-refractivity contribution in [1.29, 1.82) is 0 Å². The van der Waals surface area contributed by atoms with E-state index in [1.165, 1.54) is 6.08 Å². The average molecular weight is 655 g/mol. The summed E-state index contributed by atoms with van der Waals surface area (Å²) < 4.78 is 17.4. The molecule has 42 heavy (non-hydrogen) atoms. The van der Waals surface area contributed by atoms with E-state index in [0.29, 0.717) is 51.9 Å². The molecule has 0 radical (unpaired) electrons. The number of thioether (sulfide) groups is 1. The number of hydrogen-bond donors (Lipinski definition) is 2. The van der Waals surface area contributed by atoms with E-state index in [1.54, 1.807) is 55.5 Å². The summed E-state index contributed by atoms with van der Waals surface area (Å²) in [5, 5.41) is 4.87. The van der Waals surface area contributed by atoms with Crippen LogP contribution in [0.2, 0.25) is 0 Å². The molecule has 1 saturated heterocycles. The molecule has 218 valence electrons. The van der Waals surface area contributed by atoms with Crippen LogP contribution in [0.4, 0.5) is 16.2 Å². The molecular formula is C30H28BrN3O7S. The highest BCUT2D eigenvalue weighted by Crippen LogP contribution is 2.39. The van der Waals surface area contributed by atoms with Crippen molar-refractivity contribution in [3.05, 3.63) is 81.7 Å². The van der Waals surface area contributed by atoms with Crippen LogP contribution in [0.3, 0.4) is 0 Å². The first kappa shape index (κ1) is 30.7. The second-order valence-electron chi connectivity index (χ2n) is 8.74. The number of ether oxygens (including phenoxy) is 3. The molecule has 1 fully saturated rings. The van der Waals surface area contributed by atoms with Gasteiger partial charge in [-0.2, -0.15) is 0 Å². The number of rotatable bonds is 12. The molecule has 0 aromatic heterocycles. The van der Waals surface area contributed by atoms with Crippen LogP contribution in [0.5, 0.6) is 17.2 Å². The topological polar surface area (TPSA) is 123 Å². The Kier molecular flexibility index (Phi) is 10.6. The van der Waals surface area contributed by atoms with Crippen molar-refractivity contribution < 1.29 is 33.4 Å². The van der Waals surface area contributed by atoms with Gasteiger partial charge in [-0.3, -0.25) is 24.1 Å². The van der Waals surface area contributed by atoms with E-state index in [9.17, 15) is 19.2 Å². The highest BCUT2D eigenvalue weighted by Gasteiger charge is 2.36. The van der Waals surface area contributed by atoms with Crippen LogP contribution in [0.1, 0.15) is 19.4 Å². The quantitative estimate of drug-likeness (QED) is 0.230. The zero-order chi connectivity index (χ0) is 30.1. The fourth-order valence-corrected chi connectivity index (χ4v) is 5.28. The molecule has 1 heterocycles. The fraction of sp³-hybridized carbons (Fsp3) is 0.200. The summed E-state index contributed by atoms with van der Waals surface area (Å²) in [4.78, 5) is 51.6. The highest BCUT2D eigenvalue weighted by molar-refractivity contribution is 9.10. The van der Waals surface area contributed by atoms with Crippen molar-refractivity contribution >= 4 is 68.1 Å². The molecule has 10 nitrogen and oxygen atoms in total. The van der Waals surface area contributed by atoms with E-state index in [-0.39, 0.29) is 17.4 Å². The number of carbonyl (C=O) groups excluding carboxylic acids is 4. The number of hydrogen-bond acceptors (Lipinski definition) is 8. The summed E-state index contributed by atoms with van der Waals surface area (Å²) in [6.45, 7) is 3.83. The minimum absolute atomic E-state index is 0.152. The Bertz CT molecular complexity index is 1500. The molecule has 1 aliphatic rings. The molecule has 0 spiro atoms. The van der Waals surface area contributed by atoms with Crippen molar-refractivity contribution in [3.63, 3.8) is 0 Å². The number of imide groups is 1. The zero-order valence-corrected chi connectivity index (χ0v) is 25.3. The van der Waals surface area contributed by atoms with Gasteiger partial charge in [0.05, 0.1) is 22.6 Å². The largest absolute Gasteiger partial charge is 0.494 e. The van der Waals surface area contributed by atoms with E-state index >= 15 is 0 Å². The van der Waals surface area contributed by atoms with Crippen LogP contribution >= 0.6 is 27.7 Å². The molecule has 4 rings (SSSR count). The van der Waals surface area contributed by atoms with Gasteiger partial charge in [0.15, 0.2) is 18.1 Å². The highest BCUT2D eigenvalue weighted by atomic mass is 79.9. The summed E-state index contributed by atoms with van der Waals surface area (Å²) in [5.74, 6) is -0.115. The number of benzene rings is 3. The Labute approximate surface area is 255 Å². The molecule has 0 bridgehead atoms. The van der Waals surface area contributed by atoms with Crippen LogP contribution < -0.4 is 24.8 Å². The van der Waals surface area contributed by atoms with Crippen molar-refractivity contribution in [2.24, 2.45) is 0 Å². The Morgan fingerprint density at radius 1 is 0.881 bits per heavy atom. The maximum absolute atomic E-state index is 13.0. The average Bonchev–Trinajstić information content (AvgIpc) is 3.21. The van der Waals surface area contributed by atoms with Gasteiger partial charge in [0.2, 0.25) is 5.91 Å². The third-order valence-corrected chi connectivity index (χ3v) is 7.16. The first-order valence-electron chi connectivity index (χ1n) is 13.0. The lowest BCUT2D eigenvalue weighted by molar-refractivity contribution is -0.127. The minimum atomic E-state index is -0.584. The van der Waals surface area contributed by atoms with Gasteiger partial charge < -0.3 is 24.8 Å². The SMILES string of the molecule is CCOc1ccc(NC(=O)CN2C(=O)S/C(=C/c3cc(Br)c(OCC(=O)Nc4ccccc4)c(OCC)c3)C2=O)cc1. The molecule has 0 saturated carbocycles. The smallest absolute Gasteiger partial charge is 0.294 e. The Balaban J connectivity index is 1.42. The van der Waals surface area contributed by atoms with Crippen LogP contribution in [0, 0.1) is 0 Å². The van der Waals surface area contributed by atoms with E-state index in [1.807, 2.05) is 25.1 Å². The van der Waals surface area contributed by atoms with E-state index in [2.05, 4.69) is 26.6 Å². The fourth-order valence-electron chi connectivity index (χ4n) is 3.86. The van der Waals surface area contributed by atoms with Gasteiger partial charge in [-0.15, -0.1) is 0 Å². The molecule has 2 N–H and O–H groups in total. The number of carbonyl (C=O) groups is 4. The number of para-hydroxylation sites is 1. The number of anilines is 2. The van der Waals surface area contributed by atoms with Gasteiger partial charge >= 0.3 is 0 Å². The minimum Gasteiger partial charge on any atom is -0.494 e. The second-order valence-corrected chi connectivity index (χ2v) is 10.6. The molecule has 0 unspecified atom stereocenters. The normalized spacial score (nSPS) is 13.7. The second kappa shape index (κ2) is 14.6. The number of amides is 4. The molecule has 0 atom stereocenters. The van der Waals surface area contributed by atoms with Crippen LogP contribution in [0.15, 0.2) is 76.1 Å². The van der Waals surface area contributed by atoms with E-state index < -0.39 is 23.6 Å². The monoisotopic (exact) mass is 653 g/mol. The number of nitrogens with zero attached hydrogens (tertiary/aromatic N) is 1. The molecule has 12 heteroatoms. The van der Waals surface area contributed by atoms with Gasteiger partial charge in [-0.05, 0) is 102 Å². The Hall–Kier alpha value is -4.29. The summed E-state index contributed by atoms with van der Waals surface area (Å²) in [6, 6.07) is 19.1. The maximum atomic E-state index is 13.0. The predicted octanol–water partition coefficient (Wildman–Crippen LogP) is 5.94. The van der Waals surface area contributed by atoms with Crippen molar-refractivity contribution in [3.8, 4) is 17.2 Å². The van der Waals surface area contributed by atoms with Gasteiger partial charge in [0.25, 0.3) is 17.1 Å². The molecule has 0 aliphatic carbocycles. The van der Waals surface area contributed by atoms with Crippen LogP contribution in [-0.4, -0.2) is 54.2 Å².